The van der Waals surface area contributed by atoms with Gasteiger partial charge in [-0.2, -0.15) is 0 Å². The van der Waals surface area contributed by atoms with Crippen LogP contribution in [-0.4, -0.2) is 46.4 Å². The lowest BCUT2D eigenvalue weighted by atomic mass is 10.1. The summed E-state index contributed by atoms with van der Waals surface area (Å²) in [5, 5.41) is 12.3. The number of carboxylic acid groups (broad SMARTS) is 1. The minimum absolute atomic E-state index is 0.0423. The average molecular weight is 254 g/mol. The zero-order valence-corrected chi connectivity index (χ0v) is 10.6. The highest BCUT2D eigenvalue weighted by Crippen LogP contribution is 2.18. The molecule has 0 aromatic carbocycles. The predicted molar refractivity (Wildman–Crippen MR) is 63.4 cm³/mol. The Kier molecular flexibility index (Phi) is 3.98. The van der Waals surface area contributed by atoms with Gasteiger partial charge in [-0.25, -0.2) is 4.79 Å². The van der Waals surface area contributed by atoms with Crippen LogP contribution in [0.5, 0.6) is 0 Å². The number of carbonyl (C=O) groups is 1. The fourth-order valence-corrected chi connectivity index (χ4v) is 2.17. The summed E-state index contributed by atoms with van der Waals surface area (Å²) in [6.07, 6.45) is 1.18. The molecule has 6 nitrogen and oxygen atoms in total. The summed E-state index contributed by atoms with van der Waals surface area (Å²) in [4.78, 5) is 13.0. The number of hydrogen-bond donors (Lipinski definition) is 1. The zero-order chi connectivity index (χ0) is 13.1. The molecule has 1 saturated heterocycles. The van der Waals surface area contributed by atoms with Gasteiger partial charge in [0.1, 0.15) is 0 Å². The van der Waals surface area contributed by atoms with Crippen LogP contribution in [0.4, 0.5) is 0 Å². The first kappa shape index (κ1) is 13.0. The summed E-state index contributed by atoms with van der Waals surface area (Å²) in [6, 6.07) is 1.83. The lowest BCUT2D eigenvalue weighted by molar-refractivity contribution is -0.0615. The van der Waals surface area contributed by atoms with Crippen molar-refractivity contribution in [2.24, 2.45) is 0 Å². The quantitative estimate of drug-likeness (QED) is 0.874. The van der Waals surface area contributed by atoms with Gasteiger partial charge in [-0.1, -0.05) is 12.1 Å². The normalized spacial score (nSPS) is 25.2. The number of aromatic nitrogens is 1. The number of nitrogens with zero attached hydrogens (tertiary/aromatic N) is 2. The molecule has 2 heterocycles. The fourth-order valence-electron chi connectivity index (χ4n) is 2.17. The Balaban J connectivity index is 2.03. The maximum atomic E-state index is 10.7. The second kappa shape index (κ2) is 5.49. The van der Waals surface area contributed by atoms with Crippen molar-refractivity contribution in [2.45, 2.75) is 39.0 Å². The minimum Gasteiger partial charge on any atom is -0.476 e. The Bertz CT molecular complexity index is 418. The van der Waals surface area contributed by atoms with Crippen LogP contribution >= 0.6 is 0 Å². The number of hydrogen-bond acceptors (Lipinski definition) is 5. The zero-order valence-electron chi connectivity index (χ0n) is 10.6. The van der Waals surface area contributed by atoms with Crippen molar-refractivity contribution in [3.63, 3.8) is 0 Å². The molecule has 2 atom stereocenters. The van der Waals surface area contributed by atoms with E-state index in [4.69, 9.17) is 14.4 Å². The van der Waals surface area contributed by atoms with Crippen LogP contribution in [0.2, 0.25) is 0 Å². The van der Waals surface area contributed by atoms with Gasteiger partial charge in [0.2, 0.25) is 0 Å². The van der Waals surface area contributed by atoms with Gasteiger partial charge >= 0.3 is 5.97 Å². The SMILES string of the molecule is CCC1COC(C)CN1Cc1cc(C(=O)O)no1. The molecular weight excluding hydrogens is 236 g/mol. The molecule has 0 saturated carbocycles. The molecule has 2 rings (SSSR count). The van der Waals surface area contributed by atoms with Crippen molar-refractivity contribution in [3.8, 4) is 0 Å². The molecule has 18 heavy (non-hydrogen) atoms. The Morgan fingerprint density at radius 1 is 1.67 bits per heavy atom. The van der Waals surface area contributed by atoms with Crippen LogP contribution in [0.1, 0.15) is 36.5 Å². The van der Waals surface area contributed by atoms with Gasteiger partial charge in [-0.15, -0.1) is 0 Å². The maximum Gasteiger partial charge on any atom is 0.358 e. The molecule has 1 N–H and O–H groups in total. The van der Waals surface area contributed by atoms with E-state index in [9.17, 15) is 4.79 Å². The summed E-state index contributed by atoms with van der Waals surface area (Å²) in [5.41, 5.74) is -0.0423. The van der Waals surface area contributed by atoms with Gasteiger partial charge in [0, 0.05) is 18.7 Å². The summed E-state index contributed by atoms with van der Waals surface area (Å²) in [7, 11) is 0. The van der Waals surface area contributed by atoms with E-state index in [0.29, 0.717) is 25.0 Å². The second-order valence-electron chi connectivity index (χ2n) is 4.62. The van der Waals surface area contributed by atoms with Crippen LogP contribution < -0.4 is 0 Å². The van der Waals surface area contributed by atoms with E-state index in [1.54, 1.807) is 0 Å². The third-order valence-electron chi connectivity index (χ3n) is 3.19. The number of aromatic carboxylic acids is 1. The van der Waals surface area contributed by atoms with E-state index in [-0.39, 0.29) is 11.8 Å². The smallest absolute Gasteiger partial charge is 0.358 e. The maximum absolute atomic E-state index is 10.7. The first-order valence-electron chi connectivity index (χ1n) is 6.14. The van der Waals surface area contributed by atoms with E-state index >= 15 is 0 Å². The van der Waals surface area contributed by atoms with Crippen LogP contribution in [0.3, 0.4) is 0 Å². The molecule has 0 bridgehead atoms. The highest BCUT2D eigenvalue weighted by molar-refractivity contribution is 5.85. The fraction of sp³-hybridized carbons (Fsp3) is 0.667. The molecule has 2 unspecified atom stereocenters. The largest absolute Gasteiger partial charge is 0.476 e. The van der Waals surface area contributed by atoms with E-state index in [1.165, 1.54) is 6.07 Å². The molecule has 0 radical (unpaired) electrons. The third-order valence-corrected chi connectivity index (χ3v) is 3.19. The topological polar surface area (TPSA) is 75.8 Å². The van der Waals surface area contributed by atoms with Crippen LogP contribution in [0.25, 0.3) is 0 Å². The van der Waals surface area contributed by atoms with Gasteiger partial charge in [0.05, 0.1) is 19.3 Å². The Hall–Kier alpha value is -1.40. The summed E-state index contributed by atoms with van der Waals surface area (Å²) >= 11 is 0. The van der Waals surface area contributed by atoms with Crippen LogP contribution in [0, 0.1) is 0 Å². The molecule has 1 fully saturated rings. The summed E-state index contributed by atoms with van der Waals surface area (Å²) in [6.45, 7) is 6.24. The Labute approximate surface area is 106 Å². The first-order chi connectivity index (χ1) is 8.60. The third kappa shape index (κ3) is 2.88. The highest BCUT2D eigenvalue weighted by Gasteiger charge is 2.26. The van der Waals surface area contributed by atoms with Gasteiger partial charge < -0.3 is 14.4 Å². The number of ether oxygens (including phenoxy) is 1. The number of carboxylic acids is 1. The number of morpholine rings is 1. The summed E-state index contributed by atoms with van der Waals surface area (Å²) < 4.78 is 10.7. The molecule has 100 valence electrons. The molecule has 1 aromatic rings. The molecule has 1 aromatic heterocycles. The Morgan fingerprint density at radius 2 is 2.44 bits per heavy atom. The van der Waals surface area contributed by atoms with Gasteiger partial charge in [-0.05, 0) is 13.3 Å². The minimum atomic E-state index is -1.06. The van der Waals surface area contributed by atoms with Crippen molar-refractivity contribution in [1.29, 1.82) is 0 Å². The predicted octanol–water partition coefficient (Wildman–Crippen LogP) is 1.37. The Morgan fingerprint density at radius 3 is 3.06 bits per heavy atom. The number of rotatable bonds is 4. The lowest BCUT2D eigenvalue weighted by Gasteiger charge is -2.37. The highest BCUT2D eigenvalue weighted by atomic mass is 16.5. The van der Waals surface area contributed by atoms with Gasteiger partial charge in [0.15, 0.2) is 11.5 Å². The van der Waals surface area contributed by atoms with E-state index in [0.717, 1.165) is 13.0 Å². The average Bonchev–Trinajstić information content (AvgIpc) is 2.78. The standard InChI is InChI=1S/C12H18N2O4/c1-3-9-7-17-8(2)5-14(9)6-10-4-11(12(15)16)13-18-10/h4,8-9H,3,5-7H2,1-2H3,(H,15,16). The van der Waals surface area contributed by atoms with Crippen molar-refractivity contribution in [3.05, 3.63) is 17.5 Å². The second-order valence-corrected chi connectivity index (χ2v) is 4.62. The van der Waals surface area contributed by atoms with E-state index in [2.05, 4.69) is 17.0 Å². The van der Waals surface area contributed by atoms with Crippen molar-refractivity contribution in [1.82, 2.24) is 10.1 Å². The van der Waals surface area contributed by atoms with Crippen LogP contribution in [-0.2, 0) is 11.3 Å². The molecule has 1 aliphatic heterocycles. The molecule has 0 amide bonds. The van der Waals surface area contributed by atoms with E-state index < -0.39 is 5.97 Å². The monoisotopic (exact) mass is 254 g/mol. The molecule has 1 aliphatic rings. The van der Waals surface area contributed by atoms with Gasteiger partial charge in [0.25, 0.3) is 0 Å². The molecule has 0 spiro atoms. The van der Waals surface area contributed by atoms with Gasteiger partial charge in [-0.3, -0.25) is 4.90 Å². The molecule has 6 heteroatoms. The van der Waals surface area contributed by atoms with Crippen molar-refractivity contribution < 1.29 is 19.2 Å². The van der Waals surface area contributed by atoms with Crippen LogP contribution in [0.15, 0.2) is 10.6 Å². The van der Waals surface area contributed by atoms with Crippen molar-refractivity contribution >= 4 is 5.97 Å². The first-order valence-corrected chi connectivity index (χ1v) is 6.14. The molecular formula is C12H18N2O4. The summed E-state index contributed by atoms with van der Waals surface area (Å²) in [5.74, 6) is -0.479. The lowest BCUT2D eigenvalue weighted by Crippen LogP contribution is -2.47. The molecule has 0 aliphatic carbocycles. The van der Waals surface area contributed by atoms with E-state index in [1.807, 2.05) is 6.92 Å². The van der Waals surface area contributed by atoms with Crippen molar-refractivity contribution in [2.75, 3.05) is 13.2 Å².